The molecule has 0 spiro atoms. The summed E-state index contributed by atoms with van der Waals surface area (Å²) in [6, 6.07) is 0. The molecule has 1 atom stereocenters. The smallest absolute Gasteiger partial charge is 0.505 e. The van der Waals surface area contributed by atoms with Crippen molar-refractivity contribution in [3.63, 3.8) is 0 Å². The van der Waals surface area contributed by atoms with Crippen molar-refractivity contribution in [3.05, 3.63) is 0 Å². The van der Waals surface area contributed by atoms with E-state index in [0.29, 0.717) is 0 Å². The number of hydrogen-bond acceptors (Lipinski definition) is 5. The van der Waals surface area contributed by atoms with E-state index in [-0.39, 0.29) is 6.61 Å². The molecule has 0 aliphatic rings. The first-order valence-corrected chi connectivity index (χ1v) is 2.75. The van der Waals surface area contributed by atoms with Gasteiger partial charge in [0.15, 0.2) is 0 Å². The molecule has 0 saturated carbocycles. The van der Waals surface area contributed by atoms with E-state index in [2.05, 4.69) is 9.47 Å². The highest BCUT2D eigenvalue weighted by Gasteiger charge is 2.02. The highest BCUT2D eigenvalue weighted by Crippen LogP contribution is 1.91. The first-order chi connectivity index (χ1) is 5.02. The molecular formula is C5H7O6-. The van der Waals surface area contributed by atoms with Gasteiger partial charge in [-0.1, -0.05) is 0 Å². The number of carbonyl (C=O) groups excluding carboxylic acids is 1. The molecular weight excluding hydrogens is 156 g/mol. The summed E-state index contributed by atoms with van der Waals surface area (Å²) >= 11 is 0. The van der Waals surface area contributed by atoms with Crippen LogP contribution in [0.5, 0.6) is 0 Å². The summed E-state index contributed by atoms with van der Waals surface area (Å²) in [6.07, 6.45) is -4.01. The Morgan fingerprint density at radius 2 is 2.18 bits per heavy atom. The molecule has 0 radical (unpaired) electrons. The lowest BCUT2D eigenvalue weighted by molar-refractivity contribution is -0.287. The summed E-state index contributed by atoms with van der Waals surface area (Å²) in [5, 5.41) is 17.7. The summed E-state index contributed by atoms with van der Waals surface area (Å²) in [4.78, 5) is 19.5. The van der Waals surface area contributed by atoms with Crippen LogP contribution in [0.15, 0.2) is 0 Å². The first-order valence-electron chi connectivity index (χ1n) is 2.75. The minimum absolute atomic E-state index is 0.330. The van der Waals surface area contributed by atoms with Crippen molar-refractivity contribution in [3.8, 4) is 0 Å². The Morgan fingerprint density at radius 1 is 1.64 bits per heavy atom. The summed E-state index contributed by atoms with van der Waals surface area (Å²) in [6.45, 7) is 1.02. The molecule has 0 fully saturated rings. The second-order valence-corrected chi connectivity index (χ2v) is 1.76. The predicted octanol–water partition coefficient (Wildman–Crippen LogP) is -0.571. The van der Waals surface area contributed by atoms with Crippen molar-refractivity contribution in [2.75, 3.05) is 6.61 Å². The molecule has 0 aliphatic heterocycles. The quantitative estimate of drug-likeness (QED) is 0.559. The normalized spacial score (nSPS) is 11.7. The highest BCUT2D eigenvalue weighted by atomic mass is 16.7. The maximum Gasteiger partial charge on any atom is 0.505 e. The first kappa shape index (κ1) is 9.54. The van der Waals surface area contributed by atoms with Gasteiger partial charge in [-0.25, -0.2) is 4.79 Å². The van der Waals surface area contributed by atoms with Gasteiger partial charge in [-0.3, -0.25) is 0 Å². The maximum atomic E-state index is 9.75. The van der Waals surface area contributed by atoms with Gasteiger partial charge in [-0.2, -0.15) is 0 Å². The van der Waals surface area contributed by atoms with Gasteiger partial charge >= 0.3 is 6.16 Å². The van der Waals surface area contributed by atoms with Gasteiger partial charge in [-0.05, 0) is 6.92 Å². The van der Waals surface area contributed by atoms with Gasteiger partial charge in [0, 0.05) is 0 Å². The van der Waals surface area contributed by atoms with Crippen molar-refractivity contribution in [1.82, 2.24) is 0 Å². The predicted molar refractivity (Wildman–Crippen MR) is 29.9 cm³/mol. The van der Waals surface area contributed by atoms with Gasteiger partial charge in [0.2, 0.25) is 0 Å². The van der Waals surface area contributed by atoms with Crippen LogP contribution in [0.25, 0.3) is 0 Å². The molecule has 1 unspecified atom stereocenters. The van der Waals surface area contributed by atoms with E-state index < -0.39 is 18.4 Å². The van der Waals surface area contributed by atoms with Crippen LogP contribution in [0.3, 0.4) is 0 Å². The minimum atomic E-state index is -1.70. The molecule has 0 aliphatic carbocycles. The van der Waals surface area contributed by atoms with Crippen LogP contribution in [0, 0.1) is 0 Å². The van der Waals surface area contributed by atoms with Gasteiger partial charge in [0.25, 0.3) is 6.16 Å². The fraction of sp³-hybridized carbons (Fsp3) is 0.600. The largest absolute Gasteiger partial charge is 0.543 e. The molecule has 0 aromatic rings. The molecule has 0 amide bonds. The van der Waals surface area contributed by atoms with Crippen LogP contribution < -0.4 is 5.11 Å². The van der Waals surface area contributed by atoms with Crippen LogP contribution in [0.2, 0.25) is 0 Å². The monoisotopic (exact) mass is 163 g/mol. The van der Waals surface area contributed by atoms with Crippen LogP contribution >= 0.6 is 0 Å². The molecule has 0 bridgehead atoms. The lowest BCUT2D eigenvalue weighted by Crippen LogP contribution is -2.30. The second kappa shape index (κ2) is 4.37. The third kappa shape index (κ3) is 6.42. The molecule has 0 saturated heterocycles. The standard InChI is InChI=1S/C5H8O6/c1-3(11-5(8)9)2-10-4(6)7/h3H,2H2,1H3,(H,6,7)(H,8,9)/p-1. The lowest BCUT2D eigenvalue weighted by Gasteiger charge is -2.15. The number of carbonyl (C=O) groups is 2. The lowest BCUT2D eigenvalue weighted by atomic mass is 10.4. The van der Waals surface area contributed by atoms with Gasteiger partial charge in [0.1, 0.15) is 6.61 Å². The van der Waals surface area contributed by atoms with E-state index >= 15 is 0 Å². The molecule has 0 aromatic carbocycles. The molecule has 0 aromatic heterocycles. The Bertz CT molecular complexity index is 153. The molecule has 64 valence electrons. The Balaban J connectivity index is 3.44. The average molecular weight is 163 g/mol. The highest BCUT2D eigenvalue weighted by molar-refractivity contribution is 5.57. The second-order valence-electron chi connectivity index (χ2n) is 1.76. The molecule has 6 heteroatoms. The van der Waals surface area contributed by atoms with Crippen LogP contribution in [0.1, 0.15) is 6.92 Å². The molecule has 0 rings (SSSR count). The third-order valence-electron chi connectivity index (χ3n) is 0.739. The van der Waals surface area contributed by atoms with Gasteiger partial charge < -0.3 is 24.5 Å². The van der Waals surface area contributed by atoms with E-state index in [4.69, 9.17) is 5.11 Å². The van der Waals surface area contributed by atoms with E-state index in [1.165, 1.54) is 6.92 Å². The van der Waals surface area contributed by atoms with Crippen LogP contribution in [-0.2, 0) is 9.47 Å². The van der Waals surface area contributed by atoms with Crippen LogP contribution in [0.4, 0.5) is 9.59 Å². The number of hydrogen-bond donors (Lipinski definition) is 1. The average Bonchev–Trinajstić information content (AvgIpc) is 1.82. The van der Waals surface area contributed by atoms with Crippen molar-refractivity contribution in [2.24, 2.45) is 0 Å². The zero-order chi connectivity index (χ0) is 8.85. The Kier molecular flexibility index (Phi) is 3.79. The van der Waals surface area contributed by atoms with Crippen molar-refractivity contribution < 1.29 is 29.3 Å². The number of carboxylic acid groups (broad SMARTS) is 2. The van der Waals surface area contributed by atoms with E-state index in [9.17, 15) is 14.7 Å². The summed E-state index contributed by atoms with van der Waals surface area (Å²) < 4.78 is 8.02. The SMILES string of the molecule is CC(COC(=O)O)OC(=O)[O-]. The van der Waals surface area contributed by atoms with E-state index in [0.717, 1.165) is 0 Å². The van der Waals surface area contributed by atoms with Gasteiger partial charge in [-0.15, -0.1) is 0 Å². The minimum Gasteiger partial charge on any atom is -0.543 e. The Labute approximate surface area is 62.3 Å². The summed E-state index contributed by atoms with van der Waals surface area (Å²) in [7, 11) is 0. The topological polar surface area (TPSA) is 95.9 Å². The summed E-state index contributed by atoms with van der Waals surface area (Å²) in [5.41, 5.74) is 0. The molecule has 1 N–H and O–H groups in total. The fourth-order valence-corrected chi connectivity index (χ4v) is 0.387. The number of ether oxygens (including phenoxy) is 2. The van der Waals surface area contributed by atoms with Crippen molar-refractivity contribution in [2.45, 2.75) is 13.0 Å². The van der Waals surface area contributed by atoms with Crippen LogP contribution in [-0.4, -0.2) is 30.1 Å². The summed E-state index contributed by atoms with van der Waals surface area (Å²) in [5.74, 6) is 0. The maximum absolute atomic E-state index is 9.75. The Morgan fingerprint density at radius 3 is 2.55 bits per heavy atom. The third-order valence-corrected chi connectivity index (χ3v) is 0.739. The van der Waals surface area contributed by atoms with Crippen molar-refractivity contribution in [1.29, 1.82) is 0 Å². The van der Waals surface area contributed by atoms with Gasteiger partial charge in [0.05, 0.1) is 6.10 Å². The fourth-order valence-electron chi connectivity index (χ4n) is 0.387. The van der Waals surface area contributed by atoms with Crippen molar-refractivity contribution >= 4 is 12.3 Å². The molecule has 11 heavy (non-hydrogen) atoms. The molecule has 6 nitrogen and oxygen atoms in total. The number of rotatable bonds is 3. The van der Waals surface area contributed by atoms with E-state index in [1.54, 1.807) is 0 Å². The Hall–Kier alpha value is -1.46. The zero-order valence-corrected chi connectivity index (χ0v) is 5.77. The zero-order valence-electron chi connectivity index (χ0n) is 5.77. The molecule has 0 heterocycles. The van der Waals surface area contributed by atoms with E-state index in [1.807, 2.05) is 0 Å².